The van der Waals surface area contributed by atoms with E-state index in [1.165, 1.54) is 0 Å². The maximum atomic E-state index is 13.4. The number of rotatable bonds is 6. The molecule has 0 amide bonds. The largest absolute Gasteiger partial charge is 0.399 e. The predicted octanol–water partition coefficient (Wildman–Crippen LogP) is 1.25. The summed E-state index contributed by atoms with van der Waals surface area (Å²) in [4.78, 5) is -0.811. The first-order valence-corrected chi connectivity index (χ1v) is 7.08. The van der Waals surface area contributed by atoms with Crippen LogP contribution in [-0.4, -0.2) is 27.7 Å². The lowest BCUT2D eigenvalue weighted by Crippen LogP contribution is -2.29. The van der Waals surface area contributed by atoms with Gasteiger partial charge in [-0.05, 0) is 26.0 Å². The minimum atomic E-state index is -4.16. The minimum Gasteiger partial charge on any atom is -0.399 e. The number of nitrogen functional groups attached to an aromatic ring is 1. The van der Waals surface area contributed by atoms with Gasteiger partial charge in [-0.2, -0.15) is 0 Å². The second kappa shape index (κ2) is 6.27. The van der Waals surface area contributed by atoms with E-state index in [1.807, 2.05) is 0 Å². The van der Waals surface area contributed by atoms with Crippen LogP contribution in [0.2, 0.25) is 0 Å². The van der Waals surface area contributed by atoms with Crippen molar-refractivity contribution in [3.63, 3.8) is 0 Å². The molecule has 0 aliphatic carbocycles. The molecule has 0 fully saturated rings. The number of anilines is 1. The Hall–Kier alpha value is -1.25. The molecule has 0 atom stereocenters. The van der Waals surface area contributed by atoms with Gasteiger partial charge in [-0.3, -0.25) is 0 Å². The van der Waals surface area contributed by atoms with E-state index in [0.29, 0.717) is 0 Å². The highest BCUT2D eigenvalue weighted by Gasteiger charge is 2.22. The van der Waals surface area contributed by atoms with Gasteiger partial charge in [0.05, 0.1) is 12.7 Å². The molecule has 5 nitrogen and oxygen atoms in total. The highest BCUT2D eigenvalue weighted by atomic mass is 32.2. The lowest BCUT2D eigenvalue weighted by molar-refractivity contribution is 0.0834. The Morgan fingerprint density at radius 1 is 1.37 bits per heavy atom. The smallest absolute Gasteiger partial charge is 0.243 e. The van der Waals surface area contributed by atoms with Gasteiger partial charge < -0.3 is 10.5 Å². The van der Waals surface area contributed by atoms with Crippen molar-refractivity contribution >= 4 is 15.7 Å². The third-order valence-corrected chi connectivity index (χ3v) is 3.61. The molecular weight excluding hydrogens is 278 g/mol. The van der Waals surface area contributed by atoms with Crippen LogP contribution in [0.4, 0.5) is 14.5 Å². The van der Waals surface area contributed by atoms with Gasteiger partial charge in [-0.25, -0.2) is 21.9 Å². The number of nitrogens with two attached hydrogens (primary N) is 1. The quantitative estimate of drug-likeness (QED) is 0.611. The van der Waals surface area contributed by atoms with E-state index in [4.69, 9.17) is 10.5 Å². The van der Waals surface area contributed by atoms with Crippen LogP contribution < -0.4 is 10.5 Å². The van der Waals surface area contributed by atoms with E-state index in [9.17, 15) is 17.2 Å². The Kier molecular flexibility index (Phi) is 5.21. The number of hydrogen-bond donors (Lipinski definition) is 2. The Labute approximate surface area is 110 Å². The molecule has 1 rings (SSSR count). The van der Waals surface area contributed by atoms with Crippen LogP contribution in [0.1, 0.15) is 13.8 Å². The molecule has 0 aliphatic heterocycles. The summed E-state index contributed by atoms with van der Waals surface area (Å²) in [6.45, 7) is 3.67. The van der Waals surface area contributed by atoms with Crippen LogP contribution in [0.5, 0.6) is 0 Å². The van der Waals surface area contributed by atoms with E-state index in [0.717, 1.165) is 12.1 Å². The third kappa shape index (κ3) is 4.41. The van der Waals surface area contributed by atoms with Gasteiger partial charge in [0.1, 0.15) is 4.90 Å². The van der Waals surface area contributed by atoms with Gasteiger partial charge in [-0.1, -0.05) is 0 Å². The molecule has 8 heteroatoms. The second-order valence-electron chi connectivity index (χ2n) is 4.13. The van der Waals surface area contributed by atoms with Crippen molar-refractivity contribution < 1.29 is 21.9 Å². The molecule has 0 aromatic heterocycles. The van der Waals surface area contributed by atoms with Crippen molar-refractivity contribution in [2.45, 2.75) is 24.8 Å². The molecule has 0 spiro atoms. The van der Waals surface area contributed by atoms with Crippen molar-refractivity contribution in [3.05, 3.63) is 23.8 Å². The molecule has 0 heterocycles. The molecule has 0 saturated heterocycles. The second-order valence-corrected chi connectivity index (χ2v) is 5.87. The maximum absolute atomic E-state index is 13.4. The molecule has 1 aromatic carbocycles. The number of nitrogens with one attached hydrogen (secondary N) is 1. The maximum Gasteiger partial charge on any atom is 0.243 e. The summed E-state index contributed by atoms with van der Waals surface area (Å²) >= 11 is 0. The number of ether oxygens (including phenoxy) is 1. The average Bonchev–Trinajstić information content (AvgIpc) is 2.29. The fourth-order valence-corrected chi connectivity index (χ4v) is 2.46. The number of sulfonamides is 1. The van der Waals surface area contributed by atoms with E-state index in [-0.39, 0.29) is 24.9 Å². The zero-order valence-electron chi connectivity index (χ0n) is 10.6. The van der Waals surface area contributed by atoms with E-state index >= 15 is 0 Å². The van der Waals surface area contributed by atoms with Gasteiger partial charge >= 0.3 is 0 Å². The summed E-state index contributed by atoms with van der Waals surface area (Å²) in [5.41, 5.74) is 5.13. The van der Waals surface area contributed by atoms with E-state index in [2.05, 4.69) is 4.72 Å². The van der Waals surface area contributed by atoms with E-state index in [1.54, 1.807) is 13.8 Å². The minimum absolute atomic E-state index is 0.0453. The monoisotopic (exact) mass is 294 g/mol. The Morgan fingerprint density at radius 3 is 2.58 bits per heavy atom. The molecule has 0 radical (unpaired) electrons. The summed E-state index contributed by atoms with van der Waals surface area (Å²) in [5.74, 6) is -2.76. The number of halogens is 2. The Bertz CT molecular complexity index is 547. The fraction of sp³-hybridized carbons (Fsp3) is 0.455. The fourth-order valence-electron chi connectivity index (χ4n) is 1.33. The van der Waals surface area contributed by atoms with Gasteiger partial charge in [0.25, 0.3) is 0 Å². The third-order valence-electron chi connectivity index (χ3n) is 2.15. The summed E-state index contributed by atoms with van der Waals surface area (Å²) < 4.78 is 57.3. The Morgan fingerprint density at radius 2 is 2.00 bits per heavy atom. The van der Waals surface area contributed by atoms with Crippen molar-refractivity contribution in [2.75, 3.05) is 18.9 Å². The van der Waals surface area contributed by atoms with Crippen LogP contribution >= 0.6 is 0 Å². The van der Waals surface area contributed by atoms with Gasteiger partial charge in [0.2, 0.25) is 10.0 Å². The van der Waals surface area contributed by atoms with Crippen molar-refractivity contribution in [3.8, 4) is 0 Å². The molecule has 0 unspecified atom stereocenters. The van der Waals surface area contributed by atoms with Gasteiger partial charge in [0, 0.05) is 12.2 Å². The molecular formula is C11H16F2N2O3S. The van der Waals surface area contributed by atoms with Crippen LogP contribution in [0.25, 0.3) is 0 Å². The zero-order chi connectivity index (χ0) is 14.6. The normalized spacial score (nSPS) is 12.1. The van der Waals surface area contributed by atoms with Crippen LogP contribution in [0.15, 0.2) is 17.0 Å². The SMILES string of the molecule is CC(C)OCCNS(=O)(=O)c1cc(N)cc(F)c1F. The standard InChI is InChI=1S/C11H16F2N2O3S/c1-7(2)18-4-3-15-19(16,17)10-6-8(14)5-9(12)11(10)13/h5-7,15H,3-4,14H2,1-2H3. The first-order chi connectivity index (χ1) is 8.74. The number of benzene rings is 1. The van der Waals surface area contributed by atoms with Gasteiger partial charge in [-0.15, -0.1) is 0 Å². The average molecular weight is 294 g/mol. The van der Waals surface area contributed by atoms with Crippen LogP contribution in [0, 0.1) is 11.6 Å². The molecule has 0 saturated carbocycles. The lowest BCUT2D eigenvalue weighted by atomic mass is 10.3. The zero-order valence-corrected chi connectivity index (χ0v) is 11.4. The van der Waals surface area contributed by atoms with Crippen LogP contribution in [0.3, 0.4) is 0 Å². The van der Waals surface area contributed by atoms with Crippen molar-refractivity contribution in [1.29, 1.82) is 0 Å². The highest BCUT2D eigenvalue weighted by Crippen LogP contribution is 2.20. The molecule has 3 N–H and O–H groups in total. The summed E-state index contributed by atoms with van der Waals surface area (Å²) in [5, 5.41) is 0. The molecule has 1 aromatic rings. The van der Waals surface area contributed by atoms with Crippen LogP contribution in [-0.2, 0) is 14.8 Å². The topological polar surface area (TPSA) is 81.4 Å². The molecule has 0 aliphatic rings. The summed E-state index contributed by atoms with van der Waals surface area (Å²) in [6, 6.07) is 1.58. The van der Waals surface area contributed by atoms with E-state index < -0.39 is 26.6 Å². The van der Waals surface area contributed by atoms with Crippen molar-refractivity contribution in [2.24, 2.45) is 0 Å². The Balaban J connectivity index is 2.83. The molecule has 19 heavy (non-hydrogen) atoms. The molecule has 108 valence electrons. The highest BCUT2D eigenvalue weighted by molar-refractivity contribution is 7.89. The summed E-state index contributed by atoms with van der Waals surface area (Å²) in [6.07, 6.45) is -0.0499. The lowest BCUT2D eigenvalue weighted by Gasteiger charge is -2.10. The predicted molar refractivity (Wildman–Crippen MR) is 67.0 cm³/mol. The van der Waals surface area contributed by atoms with Gasteiger partial charge in [0.15, 0.2) is 11.6 Å². The summed E-state index contributed by atoms with van der Waals surface area (Å²) in [7, 11) is -4.16. The number of hydrogen-bond acceptors (Lipinski definition) is 4. The first-order valence-electron chi connectivity index (χ1n) is 5.60. The van der Waals surface area contributed by atoms with Crippen molar-refractivity contribution in [1.82, 2.24) is 4.72 Å². The first kappa shape index (κ1) is 15.8. The molecule has 0 bridgehead atoms.